The summed E-state index contributed by atoms with van der Waals surface area (Å²) in [7, 11) is -3.95. The van der Waals surface area contributed by atoms with E-state index in [1.165, 1.54) is 11.8 Å². The molecule has 0 saturated heterocycles. The summed E-state index contributed by atoms with van der Waals surface area (Å²) >= 11 is 1.39. The van der Waals surface area contributed by atoms with Gasteiger partial charge in [-0.3, -0.25) is 4.72 Å². The number of carboxylic acids is 1. The highest BCUT2D eigenvalue weighted by atomic mass is 32.2. The smallest absolute Gasteiger partial charge is 0.371 e. The number of sulfonamides is 1. The van der Waals surface area contributed by atoms with Gasteiger partial charge in [0.05, 0.1) is 5.69 Å². The highest BCUT2D eigenvalue weighted by molar-refractivity contribution is 7.99. The normalized spacial score (nSPS) is 11.2. The molecule has 0 unspecified atom stereocenters. The molecule has 8 heteroatoms. The van der Waals surface area contributed by atoms with Crippen molar-refractivity contribution in [1.82, 2.24) is 0 Å². The first-order valence-electron chi connectivity index (χ1n) is 5.43. The van der Waals surface area contributed by atoms with Crippen LogP contribution in [-0.4, -0.2) is 25.7 Å². The Hall–Kier alpha value is -1.93. The summed E-state index contributed by atoms with van der Waals surface area (Å²) in [5.74, 6) is -1.75. The van der Waals surface area contributed by atoms with Crippen LogP contribution in [0.5, 0.6) is 0 Å². The molecular weight excluding hydrogens is 302 g/mol. The molecule has 6 nitrogen and oxygen atoms in total. The number of para-hydroxylation sites is 1. The maximum Gasteiger partial charge on any atom is 0.371 e. The maximum absolute atomic E-state index is 12.1. The fourth-order valence-electron chi connectivity index (χ4n) is 1.50. The number of anilines is 1. The van der Waals surface area contributed by atoms with E-state index in [1.54, 1.807) is 24.3 Å². The number of hydrogen-bond acceptors (Lipinski definition) is 5. The zero-order valence-corrected chi connectivity index (χ0v) is 12.0. The molecule has 0 aliphatic carbocycles. The van der Waals surface area contributed by atoms with Crippen LogP contribution in [0.1, 0.15) is 10.6 Å². The summed E-state index contributed by atoms with van der Waals surface area (Å²) in [5, 5.41) is 8.28. The average molecular weight is 313 g/mol. The highest BCUT2D eigenvalue weighted by Gasteiger charge is 2.21. The third-order valence-electron chi connectivity index (χ3n) is 2.41. The van der Waals surface area contributed by atoms with Gasteiger partial charge >= 0.3 is 5.97 Å². The van der Waals surface area contributed by atoms with E-state index in [9.17, 15) is 13.2 Å². The van der Waals surface area contributed by atoms with Gasteiger partial charge < -0.3 is 9.52 Å². The van der Waals surface area contributed by atoms with E-state index >= 15 is 0 Å². The van der Waals surface area contributed by atoms with Crippen molar-refractivity contribution in [2.45, 2.75) is 9.99 Å². The van der Waals surface area contributed by atoms with Crippen LogP contribution in [0.15, 0.2) is 50.8 Å². The highest BCUT2D eigenvalue weighted by Crippen LogP contribution is 2.27. The van der Waals surface area contributed by atoms with E-state index in [0.29, 0.717) is 5.69 Å². The van der Waals surface area contributed by atoms with Crippen LogP contribution in [0.25, 0.3) is 0 Å². The lowest BCUT2D eigenvalue weighted by atomic mass is 10.3. The van der Waals surface area contributed by atoms with Crippen LogP contribution < -0.4 is 4.72 Å². The maximum atomic E-state index is 12.1. The number of benzene rings is 1. The Balaban J connectivity index is 2.33. The predicted octanol–water partition coefficient (Wildman–Crippen LogP) is 2.50. The van der Waals surface area contributed by atoms with Crippen molar-refractivity contribution in [2.75, 3.05) is 11.0 Å². The summed E-state index contributed by atoms with van der Waals surface area (Å²) in [6.45, 7) is 0. The lowest BCUT2D eigenvalue weighted by Gasteiger charge is -2.09. The number of rotatable bonds is 5. The SMILES string of the molecule is CSc1ccccc1NS(=O)(=O)c1ccc(C(=O)O)o1. The van der Waals surface area contributed by atoms with Gasteiger partial charge in [0, 0.05) is 4.90 Å². The molecule has 106 valence electrons. The van der Waals surface area contributed by atoms with Gasteiger partial charge in [-0.2, -0.15) is 8.42 Å². The number of carbonyl (C=O) groups is 1. The van der Waals surface area contributed by atoms with E-state index in [0.717, 1.165) is 17.0 Å². The van der Waals surface area contributed by atoms with Crippen LogP contribution >= 0.6 is 11.8 Å². The van der Waals surface area contributed by atoms with Crippen LogP contribution in [0, 0.1) is 0 Å². The van der Waals surface area contributed by atoms with Crippen molar-refractivity contribution >= 4 is 33.4 Å². The number of carboxylic acid groups (broad SMARTS) is 1. The van der Waals surface area contributed by atoms with E-state index < -0.39 is 26.8 Å². The first-order chi connectivity index (χ1) is 9.44. The number of nitrogens with one attached hydrogen (secondary N) is 1. The fraction of sp³-hybridized carbons (Fsp3) is 0.0833. The van der Waals surface area contributed by atoms with Crippen LogP contribution in [0.2, 0.25) is 0 Å². The zero-order chi connectivity index (χ0) is 14.8. The second-order valence-electron chi connectivity index (χ2n) is 3.73. The summed E-state index contributed by atoms with van der Waals surface area (Å²) in [6, 6.07) is 9.07. The minimum Gasteiger partial charge on any atom is -0.475 e. The van der Waals surface area contributed by atoms with Gasteiger partial charge in [-0.1, -0.05) is 12.1 Å². The molecule has 0 aliphatic heterocycles. The molecule has 0 amide bonds. The van der Waals surface area contributed by atoms with Crippen molar-refractivity contribution in [3.8, 4) is 0 Å². The molecule has 20 heavy (non-hydrogen) atoms. The first-order valence-corrected chi connectivity index (χ1v) is 8.14. The molecule has 1 aromatic carbocycles. The van der Waals surface area contributed by atoms with Crippen molar-refractivity contribution in [3.05, 3.63) is 42.2 Å². The summed E-state index contributed by atoms with van der Waals surface area (Å²) in [6.07, 6.45) is 1.82. The molecule has 2 rings (SSSR count). The van der Waals surface area contributed by atoms with Crippen molar-refractivity contribution in [2.24, 2.45) is 0 Å². The van der Waals surface area contributed by atoms with Crippen LogP contribution in [-0.2, 0) is 10.0 Å². The molecule has 2 aromatic rings. The standard InChI is InChI=1S/C12H11NO5S2/c1-19-10-5-3-2-4-8(10)13-20(16,17)11-7-6-9(18-11)12(14)15/h2-7,13H,1H3,(H,14,15). The molecule has 0 aliphatic rings. The zero-order valence-electron chi connectivity index (χ0n) is 10.4. The van der Waals surface area contributed by atoms with E-state index in [2.05, 4.69) is 4.72 Å². The molecular formula is C12H11NO5S2. The Kier molecular flexibility index (Phi) is 4.05. The lowest BCUT2D eigenvalue weighted by molar-refractivity contribution is 0.0656. The Labute approximate surface area is 119 Å². The second kappa shape index (κ2) is 5.59. The average Bonchev–Trinajstić information content (AvgIpc) is 2.89. The van der Waals surface area contributed by atoms with Crippen LogP contribution in [0.3, 0.4) is 0 Å². The number of hydrogen-bond donors (Lipinski definition) is 2. The molecule has 0 atom stereocenters. The van der Waals surface area contributed by atoms with Gasteiger partial charge in [-0.15, -0.1) is 11.8 Å². The molecule has 2 N–H and O–H groups in total. The van der Waals surface area contributed by atoms with Gasteiger partial charge in [0.2, 0.25) is 10.9 Å². The molecule has 0 spiro atoms. The topological polar surface area (TPSA) is 96.6 Å². The van der Waals surface area contributed by atoms with Gasteiger partial charge in [-0.05, 0) is 30.5 Å². The Morgan fingerprint density at radius 2 is 1.95 bits per heavy atom. The molecule has 0 fully saturated rings. The minimum atomic E-state index is -3.95. The largest absolute Gasteiger partial charge is 0.475 e. The molecule has 0 bridgehead atoms. The van der Waals surface area contributed by atoms with E-state index in [1.807, 2.05) is 6.26 Å². The molecule has 0 radical (unpaired) electrons. The van der Waals surface area contributed by atoms with Crippen LogP contribution in [0.4, 0.5) is 5.69 Å². The van der Waals surface area contributed by atoms with E-state index in [-0.39, 0.29) is 0 Å². The third kappa shape index (κ3) is 2.97. The summed E-state index contributed by atoms with van der Waals surface area (Å²) in [5.41, 5.74) is 0.410. The quantitative estimate of drug-likeness (QED) is 0.823. The van der Waals surface area contributed by atoms with Crippen molar-refractivity contribution in [3.63, 3.8) is 0 Å². The summed E-state index contributed by atoms with van der Waals surface area (Å²) < 4.78 is 31.4. The van der Waals surface area contributed by atoms with Gasteiger partial charge in [0.1, 0.15) is 0 Å². The third-order valence-corrected chi connectivity index (χ3v) is 4.44. The summed E-state index contributed by atoms with van der Waals surface area (Å²) in [4.78, 5) is 11.4. The minimum absolute atomic E-state index is 0.410. The van der Waals surface area contributed by atoms with Crippen molar-refractivity contribution in [1.29, 1.82) is 0 Å². The fourth-order valence-corrected chi connectivity index (χ4v) is 3.14. The number of aromatic carboxylic acids is 1. The molecule has 1 heterocycles. The number of thioether (sulfide) groups is 1. The number of furan rings is 1. The van der Waals surface area contributed by atoms with Gasteiger partial charge in [0.25, 0.3) is 10.0 Å². The Morgan fingerprint density at radius 3 is 2.55 bits per heavy atom. The Bertz CT molecular complexity index is 736. The van der Waals surface area contributed by atoms with E-state index in [4.69, 9.17) is 9.52 Å². The monoisotopic (exact) mass is 313 g/mol. The molecule has 0 saturated carbocycles. The van der Waals surface area contributed by atoms with Gasteiger partial charge in [-0.25, -0.2) is 4.79 Å². The van der Waals surface area contributed by atoms with Crippen molar-refractivity contribution < 1.29 is 22.7 Å². The molecule has 1 aromatic heterocycles. The lowest BCUT2D eigenvalue weighted by Crippen LogP contribution is -2.12. The Morgan fingerprint density at radius 1 is 1.25 bits per heavy atom. The predicted molar refractivity (Wildman–Crippen MR) is 74.7 cm³/mol. The second-order valence-corrected chi connectivity index (χ2v) is 6.19. The first kappa shape index (κ1) is 14.5. The van der Waals surface area contributed by atoms with Gasteiger partial charge in [0.15, 0.2) is 0 Å².